The Morgan fingerprint density at radius 2 is 1.68 bits per heavy atom. The van der Waals surface area contributed by atoms with E-state index in [-0.39, 0.29) is 28.1 Å². The number of hydrogen-bond donors (Lipinski definition) is 0. The molecule has 1 fully saturated rings. The summed E-state index contributed by atoms with van der Waals surface area (Å²) in [6.45, 7) is 0. The summed E-state index contributed by atoms with van der Waals surface area (Å²) < 4.78 is 16.7. The monoisotopic (exact) mass is 539 g/mol. The van der Waals surface area contributed by atoms with Gasteiger partial charge in [0.2, 0.25) is 5.75 Å². The van der Waals surface area contributed by atoms with E-state index in [0.29, 0.717) is 21.3 Å². The Balaban J connectivity index is 1.73. The fourth-order valence-electron chi connectivity index (χ4n) is 3.44. The molecule has 0 unspecified atom stereocenters. The van der Waals surface area contributed by atoms with Gasteiger partial charge in [-0.1, -0.05) is 36.1 Å². The van der Waals surface area contributed by atoms with Gasteiger partial charge in [-0.15, -0.1) is 0 Å². The average molecular weight is 540 g/mol. The van der Waals surface area contributed by atoms with Crippen LogP contribution < -0.4 is 19.1 Å². The van der Waals surface area contributed by atoms with Crippen molar-refractivity contribution in [2.75, 3.05) is 19.1 Å². The van der Waals surface area contributed by atoms with Crippen LogP contribution in [0.3, 0.4) is 0 Å². The lowest BCUT2D eigenvalue weighted by Gasteiger charge is -2.15. The van der Waals surface area contributed by atoms with Crippen molar-refractivity contribution < 1.29 is 28.9 Å². The number of thioether (sulfide) groups is 1. The Labute approximate surface area is 219 Å². The molecule has 1 amide bonds. The first-order valence-corrected chi connectivity index (χ1v) is 11.7. The zero-order valence-electron chi connectivity index (χ0n) is 19.3. The highest BCUT2D eigenvalue weighted by atomic mass is 32.2. The zero-order chi connectivity index (χ0) is 26.7. The van der Waals surface area contributed by atoms with E-state index in [1.165, 1.54) is 25.2 Å². The molecule has 4 rings (SSSR count). The van der Waals surface area contributed by atoms with Crippen molar-refractivity contribution in [1.29, 1.82) is 0 Å². The van der Waals surface area contributed by atoms with Gasteiger partial charge in [0.05, 0.1) is 40.7 Å². The Hall–Kier alpha value is -4.49. The van der Waals surface area contributed by atoms with Crippen LogP contribution in [0.1, 0.15) is 5.56 Å². The van der Waals surface area contributed by atoms with Crippen LogP contribution in [0.5, 0.6) is 23.0 Å². The Bertz CT molecular complexity index is 1460. The summed E-state index contributed by atoms with van der Waals surface area (Å²) in [7, 11) is 2.93. The zero-order valence-corrected chi connectivity index (χ0v) is 20.9. The maximum atomic E-state index is 13.2. The molecule has 3 aromatic rings. The molecule has 0 radical (unpaired) electrons. The lowest BCUT2D eigenvalue weighted by Crippen LogP contribution is -2.27. The summed E-state index contributed by atoms with van der Waals surface area (Å²) in [6.07, 6.45) is 1.54. The van der Waals surface area contributed by atoms with Gasteiger partial charge in [-0.25, -0.2) is 0 Å². The summed E-state index contributed by atoms with van der Waals surface area (Å²) in [5.41, 5.74) is -0.115. The normalized spacial score (nSPS) is 14.1. The average Bonchev–Trinajstić information content (AvgIpc) is 3.17. The van der Waals surface area contributed by atoms with Gasteiger partial charge in [0, 0.05) is 11.6 Å². The highest BCUT2D eigenvalue weighted by Gasteiger charge is 2.34. The van der Waals surface area contributed by atoms with E-state index in [1.807, 2.05) is 0 Å². The molecule has 1 saturated heterocycles. The number of non-ortho nitro benzene ring substituents is 1. The highest BCUT2D eigenvalue weighted by Crippen LogP contribution is 2.43. The molecule has 3 aromatic carbocycles. The highest BCUT2D eigenvalue weighted by molar-refractivity contribution is 8.27. The Morgan fingerprint density at radius 1 is 0.946 bits per heavy atom. The van der Waals surface area contributed by atoms with E-state index in [0.717, 1.165) is 30.0 Å². The fourth-order valence-corrected chi connectivity index (χ4v) is 4.73. The van der Waals surface area contributed by atoms with Crippen molar-refractivity contribution in [3.63, 3.8) is 0 Å². The SMILES string of the molecule is COc1ccc(N2C(=O)/C(=C/c3cccc(OC)c3Oc3ccc([N+](=O)[O-])cc3[N+](=O)[O-])SC2=S)cc1. The van der Waals surface area contributed by atoms with Gasteiger partial charge in [0.15, 0.2) is 15.8 Å². The van der Waals surface area contributed by atoms with Gasteiger partial charge < -0.3 is 14.2 Å². The molecule has 0 bridgehead atoms. The minimum atomic E-state index is -0.780. The maximum absolute atomic E-state index is 13.2. The largest absolute Gasteiger partial charge is 0.497 e. The third kappa shape index (κ3) is 5.22. The van der Waals surface area contributed by atoms with Crippen molar-refractivity contribution in [2.24, 2.45) is 0 Å². The standard InChI is InChI=1S/C24H17N3O8S2/c1-33-17-9-6-15(7-10-17)25-23(28)21(37-24(25)36)12-14-4-3-5-20(34-2)22(14)35-19-11-8-16(26(29)30)13-18(19)27(31)32/h3-13H,1-2H3/b21-12-. The molecular formula is C24H17N3O8S2. The fraction of sp³-hybridized carbons (Fsp3) is 0.0833. The number of nitro groups is 2. The number of nitro benzene ring substituents is 2. The summed E-state index contributed by atoms with van der Waals surface area (Å²) >= 11 is 6.51. The number of carbonyl (C=O) groups excluding carboxylic acids is 1. The Kier molecular flexibility index (Phi) is 7.36. The summed E-state index contributed by atoms with van der Waals surface area (Å²) in [5.74, 6) is 0.336. The van der Waals surface area contributed by atoms with Crippen molar-refractivity contribution in [1.82, 2.24) is 0 Å². The van der Waals surface area contributed by atoms with Gasteiger partial charge in [-0.05, 0) is 42.5 Å². The molecular weight excluding hydrogens is 522 g/mol. The second kappa shape index (κ2) is 10.6. The van der Waals surface area contributed by atoms with Crippen molar-refractivity contribution in [3.8, 4) is 23.0 Å². The molecule has 0 aliphatic carbocycles. The number of methoxy groups -OCH3 is 2. The van der Waals surface area contributed by atoms with Gasteiger partial charge in [-0.3, -0.25) is 29.9 Å². The van der Waals surface area contributed by atoms with Crippen molar-refractivity contribution >= 4 is 57.3 Å². The molecule has 1 aliphatic heterocycles. The smallest absolute Gasteiger partial charge is 0.318 e. The summed E-state index contributed by atoms with van der Waals surface area (Å²) in [6, 6.07) is 14.7. The molecule has 0 spiro atoms. The van der Waals surface area contributed by atoms with Gasteiger partial charge >= 0.3 is 5.69 Å². The van der Waals surface area contributed by atoms with Crippen LogP contribution >= 0.6 is 24.0 Å². The molecule has 0 atom stereocenters. The number of nitrogens with zero attached hydrogens (tertiary/aromatic N) is 3. The number of rotatable bonds is 8. The van der Waals surface area contributed by atoms with Crippen LogP contribution in [0.25, 0.3) is 6.08 Å². The third-order valence-electron chi connectivity index (χ3n) is 5.20. The van der Waals surface area contributed by atoms with Gasteiger partial charge in [0.25, 0.3) is 11.6 Å². The molecule has 0 N–H and O–H groups in total. The van der Waals surface area contributed by atoms with Gasteiger partial charge in [0.1, 0.15) is 5.75 Å². The van der Waals surface area contributed by atoms with Gasteiger partial charge in [-0.2, -0.15) is 0 Å². The number of carbonyl (C=O) groups is 1. The predicted molar refractivity (Wildman–Crippen MR) is 141 cm³/mol. The van der Waals surface area contributed by atoms with Crippen LogP contribution in [0.15, 0.2) is 65.6 Å². The minimum Gasteiger partial charge on any atom is -0.497 e. The van der Waals surface area contributed by atoms with Crippen molar-refractivity contribution in [2.45, 2.75) is 0 Å². The molecule has 11 nitrogen and oxygen atoms in total. The first-order valence-electron chi connectivity index (χ1n) is 10.4. The number of benzene rings is 3. The number of ether oxygens (including phenoxy) is 3. The van der Waals surface area contributed by atoms with E-state index in [4.69, 9.17) is 26.4 Å². The van der Waals surface area contributed by atoms with E-state index in [1.54, 1.807) is 42.5 Å². The first kappa shape index (κ1) is 25.6. The molecule has 0 aromatic heterocycles. The van der Waals surface area contributed by atoms with Crippen LogP contribution in [-0.4, -0.2) is 34.3 Å². The number of amides is 1. The quantitative estimate of drug-likeness (QED) is 0.151. The molecule has 0 saturated carbocycles. The van der Waals surface area contributed by atoms with Crippen LogP contribution in [-0.2, 0) is 4.79 Å². The van der Waals surface area contributed by atoms with Crippen LogP contribution in [0.4, 0.5) is 17.1 Å². The lowest BCUT2D eigenvalue weighted by atomic mass is 10.1. The molecule has 1 heterocycles. The third-order valence-corrected chi connectivity index (χ3v) is 6.50. The summed E-state index contributed by atoms with van der Waals surface area (Å²) in [5, 5.41) is 22.7. The predicted octanol–water partition coefficient (Wildman–Crippen LogP) is 5.72. The summed E-state index contributed by atoms with van der Waals surface area (Å²) in [4.78, 5) is 36.0. The van der Waals surface area contributed by atoms with E-state index in [2.05, 4.69) is 0 Å². The maximum Gasteiger partial charge on any atom is 0.318 e. The number of thiocarbonyl (C=S) groups is 1. The Morgan fingerprint density at radius 3 is 2.30 bits per heavy atom. The van der Waals surface area contributed by atoms with Crippen molar-refractivity contribution in [3.05, 3.63) is 91.4 Å². The van der Waals surface area contributed by atoms with Crippen LogP contribution in [0.2, 0.25) is 0 Å². The lowest BCUT2D eigenvalue weighted by molar-refractivity contribution is -0.394. The van der Waals surface area contributed by atoms with E-state index in [9.17, 15) is 25.0 Å². The molecule has 37 heavy (non-hydrogen) atoms. The van der Waals surface area contributed by atoms with E-state index >= 15 is 0 Å². The second-order valence-corrected chi connectivity index (χ2v) is 9.04. The van der Waals surface area contributed by atoms with E-state index < -0.39 is 21.2 Å². The second-order valence-electron chi connectivity index (χ2n) is 7.36. The number of para-hydroxylation sites is 1. The number of hydrogen-bond acceptors (Lipinski definition) is 10. The minimum absolute atomic E-state index is 0.0802. The number of anilines is 1. The molecule has 188 valence electrons. The van der Waals surface area contributed by atoms with Crippen LogP contribution in [0, 0.1) is 20.2 Å². The topological polar surface area (TPSA) is 134 Å². The molecule has 1 aliphatic rings. The molecule has 13 heteroatoms. The first-order chi connectivity index (χ1) is 17.7.